The maximum absolute atomic E-state index is 12.4. The van der Waals surface area contributed by atoms with Gasteiger partial charge in [-0.05, 0) is 53.4 Å². The summed E-state index contributed by atoms with van der Waals surface area (Å²) in [6, 6.07) is -0.106. The summed E-state index contributed by atoms with van der Waals surface area (Å²) in [7, 11) is 0. The molecule has 6 heteroatoms. The van der Waals surface area contributed by atoms with Crippen molar-refractivity contribution in [2.75, 3.05) is 19.7 Å². The van der Waals surface area contributed by atoms with Gasteiger partial charge in [0.05, 0.1) is 17.3 Å². The van der Waals surface area contributed by atoms with Crippen molar-refractivity contribution in [1.82, 2.24) is 20.0 Å². The minimum absolute atomic E-state index is 0.0307. The third-order valence-corrected chi connectivity index (χ3v) is 4.59. The average molecular weight is 322 g/mol. The van der Waals surface area contributed by atoms with Crippen LogP contribution < -0.4 is 5.32 Å². The molecule has 1 fully saturated rings. The van der Waals surface area contributed by atoms with Gasteiger partial charge in [-0.1, -0.05) is 0 Å². The molecule has 0 aliphatic carbocycles. The largest absolute Gasteiger partial charge is 0.396 e. The predicted molar refractivity (Wildman–Crippen MR) is 90.3 cm³/mol. The molecule has 1 aromatic rings. The topological polar surface area (TPSA) is 70.4 Å². The van der Waals surface area contributed by atoms with Gasteiger partial charge in [0.2, 0.25) is 0 Å². The smallest absolute Gasteiger partial charge is 0.317 e. The molecule has 2 rings (SSSR count). The van der Waals surface area contributed by atoms with Crippen LogP contribution >= 0.6 is 0 Å². The fourth-order valence-electron chi connectivity index (χ4n) is 2.92. The van der Waals surface area contributed by atoms with Crippen molar-refractivity contribution < 1.29 is 9.90 Å². The third kappa shape index (κ3) is 4.25. The van der Waals surface area contributed by atoms with Gasteiger partial charge in [-0.2, -0.15) is 5.10 Å². The zero-order chi connectivity index (χ0) is 17.2. The number of hydrogen-bond acceptors (Lipinski definition) is 3. The van der Waals surface area contributed by atoms with E-state index < -0.39 is 0 Å². The fraction of sp³-hybridized carbons (Fsp3) is 0.765. The first-order chi connectivity index (χ1) is 10.7. The Kier molecular flexibility index (Phi) is 5.34. The Balaban J connectivity index is 1.98. The molecule has 0 spiro atoms. The van der Waals surface area contributed by atoms with E-state index in [1.54, 1.807) is 0 Å². The molecule has 0 aromatic carbocycles. The molecular formula is C17H30N4O2. The lowest BCUT2D eigenvalue weighted by Gasteiger charge is -2.32. The number of nitrogens with zero attached hydrogens (tertiary/aromatic N) is 3. The van der Waals surface area contributed by atoms with E-state index in [9.17, 15) is 9.90 Å². The van der Waals surface area contributed by atoms with Gasteiger partial charge in [-0.15, -0.1) is 0 Å². The molecule has 1 aliphatic heterocycles. The van der Waals surface area contributed by atoms with Crippen LogP contribution in [0.3, 0.4) is 0 Å². The van der Waals surface area contributed by atoms with E-state index in [0.29, 0.717) is 19.0 Å². The second kappa shape index (κ2) is 6.91. The van der Waals surface area contributed by atoms with Crippen LogP contribution in [0, 0.1) is 12.8 Å². The molecule has 1 atom stereocenters. The van der Waals surface area contributed by atoms with Gasteiger partial charge in [-0.25, -0.2) is 4.79 Å². The number of hydrogen-bond donors (Lipinski definition) is 2. The van der Waals surface area contributed by atoms with Gasteiger partial charge in [-0.3, -0.25) is 4.68 Å². The number of amides is 2. The highest BCUT2D eigenvalue weighted by molar-refractivity contribution is 5.74. The van der Waals surface area contributed by atoms with Crippen molar-refractivity contribution in [3.05, 3.63) is 17.5 Å². The van der Waals surface area contributed by atoms with E-state index in [0.717, 1.165) is 24.1 Å². The van der Waals surface area contributed by atoms with Crippen molar-refractivity contribution in [2.24, 2.45) is 5.92 Å². The van der Waals surface area contributed by atoms with Gasteiger partial charge in [0.25, 0.3) is 0 Å². The maximum atomic E-state index is 12.4. The van der Waals surface area contributed by atoms with E-state index in [2.05, 4.69) is 31.2 Å². The molecule has 0 radical (unpaired) electrons. The SMILES string of the molecule is Cc1nn(C(C)(C)C)cc1[C@@H](C)NC(=O)N1CCC(CO)CC1. The number of aliphatic hydroxyl groups is 1. The van der Waals surface area contributed by atoms with Crippen LogP contribution in [-0.4, -0.2) is 45.5 Å². The normalized spacial score (nSPS) is 18.1. The number of carbonyl (C=O) groups is 1. The predicted octanol–water partition coefficient (Wildman–Crippen LogP) is 2.42. The molecule has 2 heterocycles. The van der Waals surface area contributed by atoms with Crippen molar-refractivity contribution in [1.29, 1.82) is 0 Å². The molecular weight excluding hydrogens is 292 g/mol. The van der Waals surface area contributed by atoms with Crippen molar-refractivity contribution in [3.63, 3.8) is 0 Å². The maximum Gasteiger partial charge on any atom is 0.317 e. The summed E-state index contributed by atoms with van der Waals surface area (Å²) in [6.45, 7) is 11.9. The average Bonchev–Trinajstić information content (AvgIpc) is 2.89. The number of likely N-dealkylation sites (tertiary alicyclic amines) is 1. The second-order valence-electron chi connectivity index (χ2n) is 7.57. The first kappa shape index (κ1) is 17.8. The summed E-state index contributed by atoms with van der Waals surface area (Å²) in [5.41, 5.74) is 1.93. The Labute approximate surface area is 138 Å². The Bertz CT molecular complexity index is 539. The molecule has 23 heavy (non-hydrogen) atoms. The Morgan fingerprint density at radius 2 is 2.04 bits per heavy atom. The number of carbonyl (C=O) groups excluding carboxylic acids is 1. The number of aliphatic hydroxyl groups excluding tert-OH is 1. The Hall–Kier alpha value is -1.56. The van der Waals surface area contributed by atoms with E-state index in [1.165, 1.54) is 0 Å². The van der Waals surface area contributed by atoms with Gasteiger partial charge >= 0.3 is 6.03 Å². The number of piperidine rings is 1. The lowest BCUT2D eigenvalue weighted by Crippen LogP contribution is -2.45. The number of rotatable bonds is 3. The molecule has 0 bridgehead atoms. The second-order valence-corrected chi connectivity index (χ2v) is 7.57. The zero-order valence-corrected chi connectivity index (χ0v) is 15.0. The lowest BCUT2D eigenvalue weighted by atomic mass is 9.98. The summed E-state index contributed by atoms with van der Waals surface area (Å²) in [6.07, 6.45) is 3.77. The fourth-order valence-corrected chi connectivity index (χ4v) is 2.92. The van der Waals surface area contributed by atoms with Crippen LogP contribution in [0.2, 0.25) is 0 Å². The summed E-state index contributed by atoms with van der Waals surface area (Å²) in [4.78, 5) is 14.3. The van der Waals surface area contributed by atoms with Crippen molar-refractivity contribution in [2.45, 2.75) is 59.0 Å². The first-order valence-corrected chi connectivity index (χ1v) is 8.45. The molecule has 2 amide bonds. The Morgan fingerprint density at radius 3 is 2.52 bits per heavy atom. The van der Waals surface area contributed by atoms with Crippen LogP contribution in [0.25, 0.3) is 0 Å². The molecule has 1 saturated heterocycles. The Morgan fingerprint density at radius 1 is 1.43 bits per heavy atom. The van der Waals surface area contributed by atoms with Gasteiger partial charge in [0, 0.05) is 31.5 Å². The van der Waals surface area contributed by atoms with Gasteiger partial charge < -0.3 is 15.3 Å². The van der Waals surface area contributed by atoms with Crippen LogP contribution in [0.15, 0.2) is 6.20 Å². The summed E-state index contributed by atoms with van der Waals surface area (Å²) < 4.78 is 1.95. The summed E-state index contributed by atoms with van der Waals surface area (Å²) >= 11 is 0. The lowest BCUT2D eigenvalue weighted by molar-refractivity contribution is 0.136. The van der Waals surface area contributed by atoms with Crippen molar-refractivity contribution in [3.8, 4) is 0 Å². The summed E-state index contributed by atoms with van der Waals surface area (Å²) in [5, 5.41) is 16.8. The highest BCUT2D eigenvalue weighted by Gasteiger charge is 2.25. The number of aromatic nitrogens is 2. The first-order valence-electron chi connectivity index (χ1n) is 8.45. The van der Waals surface area contributed by atoms with E-state index in [-0.39, 0.29) is 24.2 Å². The summed E-state index contributed by atoms with van der Waals surface area (Å²) in [5.74, 6) is 0.337. The van der Waals surface area contributed by atoms with E-state index in [1.807, 2.05) is 29.6 Å². The molecule has 0 saturated carbocycles. The monoisotopic (exact) mass is 322 g/mol. The molecule has 2 N–H and O–H groups in total. The van der Waals surface area contributed by atoms with E-state index in [4.69, 9.17) is 0 Å². The van der Waals surface area contributed by atoms with E-state index >= 15 is 0 Å². The minimum Gasteiger partial charge on any atom is -0.396 e. The molecule has 6 nitrogen and oxygen atoms in total. The minimum atomic E-state index is -0.0748. The molecule has 1 aromatic heterocycles. The number of aryl methyl sites for hydroxylation is 1. The zero-order valence-electron chi connectivity index (χ0n) is 15.0. The third-order valence-electron chi connectivity index (χ3n) is 4.59. The van der Waals surface area contributed by atoms with Gasteiger partial charge in [0.1, 0.15) is 0 Å². The van der Waals surface area contributed by atoms with Crippen molar-refractivity contribution >= 4 is 6.03 Å². The van der Waals surface area contributed by atoms with Crippen LogP contribution in [-0.2, 0) is 5.54 Å². The quantitative estimate of drug-likeness (QED) is 0.898. The molecule has 0 unspecified atom stereocenters. The van der Waals surface area contributed by atoms with Gasteiger partial charge in [0.15, 0.2) is 0 Å². The van der Waals surface area contributed by atoms with Crippen LogP contribution in [0.4, 0.5) is 4.79 Å². The standard InChI is InChI=1S/C17H30N4O2/c1-12(15-10-21(17(3,4)5)19-13(15)2)18-16(23)20-8-6-14(11-22)7-9-20/h10,12,14,22H,6-9,11H2,1-5H3,(H,18,23)/t12-/m1/s1. The van der Waals surface area contributed by atoms with Crippen LogP contribution in [0.1, 0.15) is 57.8 Å². The number of urea groups is 1. The molecule has 130 valence electrons. The van der Waals surface area contributed by atoms with Crippen LogP contribution in [0.5, 0.6) is 0 Å². The highest BCUT2D eigenvalue weighted by atomic mass is 16.3. The molecule has 1 aliphatic rings. The number of nitrogens with one attached hydrogen (secondary N) is 1. The highest BCUT2D eigenvalue weighted by Crippen LogP contribution is 2.22.